The van der Waals surface area contributed by atoms with E-state index in [0.29, 0.717) is 0 Å². The van der Waals surface area contributed by atoms with Crippen LogP contribution in [0.25, 0.3) is 0 Å². The summed E-state index contributed by atoms with van der Waals surface area (Å²) in [7, 11) is 0. The summed E-state index contributed by atoms with van der Waals surface area (Å²) in [6.45, 7) is 7.27. The van der Waals surface area contributed by atoms with Gasteiger partial charge in [0.2, 0.25) is 0 Å². The summed E-state index contributed by atoms with van der Waals surface area (Å²) in [6.07, 6.45) is 7.69. The Bertz CT molecular complexity index is 123. The van der Waals surface area contributed by atoms with Gasteiger partial charge in [0, 0.05) is 5.75 Å². The van der Waals surface area contributed by atoms with E-state index in [9.17, 15) is 0 Å². The van der Waals surface area contributed by atoms with Gasteiger partial charge < -0.3 is 0 Å². The van der Waals surface area contributed by atoms with Crippen molar-refractivity contribution in [2.45, 2.75) is 0 Å². The molecule has 0 heterocycles. The molecule has 0 N–H and O–H groups in total. The third kappa shape index (κ3) is 4.10. The molecule has 0 amide bonds. The van der Waals surface area contributed by atoms with E-state index in [-0.39, 0.29) is 0 Å². The molecule has 0 aliphatic rings. The summed E-state index contributed by atoms with van der Waals surface area (Å²) in [6, 6.07) is 0. The molecule has 0 rings (SSSR count). The van der Waals surface area contributed by atoms with Crippen molar-refractivity contribution in [3.63, 3.8) is 0 Å². The minimum absolute atomic E-state index is 1.02. The van der Waals surface area contributed by atoms with E-state index in [0.717, 1.165) is 5.75 Å². The maximum Gasteiger partial charge on any atom is 0.0181 e. The molecule has 0 atom stereocenters. The van der Waals surface area contributed by atoms with E-state index in [2.05, 4.69) is 19.4 Å². The maximum absolute atomic E-state index is 3.67. The lowest BCUT2D eigenvalue weighted by Crippen LogP contribution is -1.78. The van der Waals surface area contributed by atoms with Crippen LogP contribution in [-0.4, -0.2) is 12.0 Å². The van der Waals surface area contributed by atoms with Crippen LogP contribution in [0.5, 0.6) is 0 Å². The van der Waals surface area contributed by atoms with Gasteiger partial charge in [0.25, 0.3) is 0 Å². The van der Waals surface area contributed by atoms with Crippen LogP contribution in [0.2, 0.25) is 0 Å². The Morgan fingerprint density at radius 1 is 1.56 bits per heavy atom. The third-order valence-electron chi connectivity index (χ3n) is 0.905. The molecule has 1 heteroatoms. The normalized spacial score (nSPS) is 11.0. The Balaban J connectivity index is 3.80. The standard InChI is InChI=1S/C8H12S/c1-4-6-8(5-2)7-9-3/h4-6H,1-2,7H2,3H3/b8-6+. The highest BCUT2D eigenvalue weighted by Gasteiger charge is 1.84. The highest BCUT2D eigenvalue weighted by molar-refractivity contribution is 7.98. The van der Waals surface area contributed by atoms with Gasteiger partial charge >= 0.3 is 0 Å². The SMILES string of the molecule is C=C/C=C(\C=C)CSC. The molecule has 0 aromatic rings. The number of hydrogen-bond acceptors (Lipinski definition) is 1. The summed E-state index contributed by atoms with van der Waals surface area (Å²) in [5, 5.41) is 0. The third-order valence-corrected chi connectivity index (χ3v) is 1.53. The van der Waals surface area contributed by atoms with Crippen LogP contribution in [0, 0.1) is 0 Å². The second kappa shape index (κ2) is 5.70. The van der Waals surface area contributed by atoms with Gasteiger partial charge in [0.05, 0.1) is 0 Å². The summed E-state index contributed by atoms with van der Waals surface area (Å²) in [5.41, 5.74) is 1.23. The van der Waals surface area contributed by atoms with Crippen molar-refractivity contribution in [1.82, 2.24) is 0 Å². The topological polar surface area (TPSA) is 0 Å². The molecule has 0 bridgehead atoms. The number of rotatable bonds is 4. The van der Waals surface area contributed by atoms with E-state index >= 15 is 0 Å². The fourth-order valence-electron chi connectivity index (χ4n) is 0.493. The zero-order chi connectivity index (χ0) is 7.11. The van der Waals surface area contributed by atoms with Crippen LogP contribution in [0.15, 0.2) is 37.0 Å². The molecule has 0 fully saturated rings. The van der Waals surface area contributed by atoms with E-state index < -0.39 is 0 Å². The average molecular weight is 140 g/mol. The zero-order valence-corrected chi connectivity index (χ0v) is 6.58. The molecule has 0 radical (unpaired) electrons. The lowest BCUT2D eigenvalue weighted by molar-refractivity contribution is 1.56. The quantitative estimate of drug-likeness (QED) is 0.541. The Hall–Kier alpha value is -0.430. The highest BCUT2D eigenvalue weighted by Crippen LogP contribution is 2.04. The predicted molar refractivity (Wildman–Crippen MR) is 46.9 cm³/mol. The average Bonchev–Trinajstić information content (AvgIpc) is 1.88. The van der Waals surface area contributed by atoms with Crippen LogP contribution in [0.4, 0.5) is 0 Å². The van der Waals surface area contributed by atoms with Crippen molar-refractivity contribution in [1.29, 1.82) is 0 Å². The molecule has 0 unspecified atom stereocenters. The Morgan fingerprint density at radius 3 is 2.56 bits per heavy atom. The molecular weight excluding hydrogens is 128 g/mol. The van der Waals surface area contributed by atoms with E-state index in [1.807, 2.05) is 12.2 Å². The van der Waals surface area contributed by atoms with Crippen molar-refractivity contribution < 1.29 is 0 Å². The van der Waals surface area contributed by atoms with Gasteiger partial charge in [-0.05, 0) is 11.8 Å². The van der Waals surface area contributed by atoms with Crippen molar-refractivity contribution in [2.75, 3.05) is 12.0 Å². The second-order valence-corrected chi connectivity index (χ2v) is 2.48. The molecule has 0 saturated carbocycles. The molecule has 0 aliphatic carbocycles. The maximum atomic E-state index is 3.67. The van der Waals surface area contributed by atoms with Crippen molar-refractivity contribution in [2.24, 2.45) is 0 Å². The summed E-state index contributed by atoms with van der Waals surface area (Å²) in [4.78, 5) is 0. The van der Waals surface area contributed by atoms with Gasteiger partial charge in [0.1, 0.15) is 0 Å². The van der Waals surface area contributed by atoms with Gasteiger partial charge in [0.15, 0.2) is 0 Å². The van der Waals surface area contributed by atoms with Gasteiger partial charge in [-0.25, -0.2) is 0 Å². The molecule has 50 valence electrons. The monoisotopic (exact) mass is 140 g/mol. The summed E-state index contributed by atoms with van der Waals surface area (Å²) < 4.78 is 0. The van der Waals surface area contributed by atoms with Crippen molar-refractivity contribution >= 4 is 11.8 Å². The fraction of sp³-hybridized carbons (Fsp3) is 0.250. The fourth-order valence-corrected chi connectivity index (χ4v) is 1.04. The van der Waals surface area contributed by atoms with Crippen LogP contribution >= 0.6 is 11.8 Å². The first-order valence-corrected chi connectivity index (χ1v) is 4.17. The molecule has 0 nitrogen and oxygen atoms in total. The molecule has 0 aromatic carbocycles. The molecule has 0 spiro atoms. The number of hydrogen-bond donors (Lipinski definition) is 0. The Labute approximate surface area is 61.3 Å². The van der Waals surface area contributed by atoms with E-state index in [1.165, 1.54) is 5.57 Å². The second-order valence-electron chi connectivity index (χ2n) is 1.61. The summed E-state index contributed by atoms with van der Waals surface area (Å²) in [5.74, 6) is 1.02. The predicted octanol–water partition coefficient (Wildman–Crippen LogP) is 2.65. The smallest absolute Gasteiger partial charge is 0.0181 e. The van der Waals surface area contributed by atoms with Gasteiger partial charge in [-0.2, -0.15) is 11.8 Å². The highest BCUT2D eigenvalue weighted by atomic mass is 32.2. The van der Waals surface area contributed by atoms with Crippen molar-refractivity contribution in [3.05, 3.63) is 37.0 Å². The van der Waals surface area contributed by atoms with Gasteiger partial charge in [-0.15, -0.1) is 0 Å². The molecule has 0 aliphatic heterocycles. The Morgan fingerprint density at radius 2 is 2.22 bits per heavy atom. The largest absolute Gasteiger partial charge is 0.161 e. The molecule has 0 aromatic heterocycles. The van der Waals surface area contributed by atoms with Gasteiger partial charge in [-0.3, -0.25) is 0 Å². The van der Waals surface area contributed by atoms with E-state index in [1.54, 1.807) is 17.8 Å². The number of thioether (sulfide) groups is 1. The van der Waals surface area contributed by atoms with Crippen LogP contribution in [0.3, 0.4) is 0 Å². The first-order valence-electron chi connectivity index (χ1n) is 2.78. The minimum Gasteiger partial charge on any atom is -0.161 e. The minimum atomic E-state index is 1.02. The first-order chi connectivity index (χ1) is 4.35. The van der Waals surface area contributed by atoms with Gasteiger partial charge in [-0.1, -0.05) is 31.4 Å². The molecule has 0 saturated heterocycles. The summed E-state index contributed by atoms with van der Waals surface area (Å²) >= 11 is 1.79. The lowest BCUT2D eigenvalue weighted by atomic mass is 10.3. The zero-order valence-electron chi connectivity index (χ0n) is 5.76. The Kier molecular flexibility index (Phi) is 5.43. The number of allylic oxidation sites excluding steroid dienone is 3. The van der Waals surface area contributed by atoms with Crippen LogP contribution in [-0.2, 0) is 0 Å². The van der Waals surface area contributed by atoms with E-state index in [4.69, 9.17) is 0 Å². The molecule has 9 heavy (non-hydrogen) atoms. The van der Waals surface area contributed by atoms with Crippen LogP contribution in [0.1, 0.15) is 0 Å². The lowest BCUT2D eigenvalue weighted by Gasteiger charge is -1.93. The van der Waals surface area contributed by atoms with Crippen molar-refractivity contribution in [3.8, 4) is 0 Å². The van der Waals surface area contributed by atoms with Crippen LogP contribution < -0.4 is 0 Å². The molecular formula is C8H12S. The first kappa shape index (κ1) is 8.57.